The molecule has 0 spiro atoms. The third-order valence-corrected chi connectivity index (χ3v) is 5.78. The molecule has 1 saturated carbocycles. The molecule has 31 heavy (non-hydrogen) atoms. The molecule has 1 fully saturated rings. The Balaban J connectivity index is 1.43. The maximum Gasteiger partial charge on any atom is 0.309 e. The molecular formula is C25H29NO5. The number of benzene rings is 2. The number of hydrogen-bond donors (Lipinski definition) is 0. The largest absolute Gasteiger partial charge is 0.486 e. The smallest absolute Gasteiger partial charge is 0.309 e. The number of rotatable bonds is 9. The molecule has 2 aliphatic rings. The highest BCUT2D eigenvalue weighted by atomic mass is 16.6. The van der Waals surface area contributed by atoms with Gasteiger partial charge in [0.25, 0.3) is 5.91 Å². The summed E-state index contributed by atoms with van der Waals surface area (Å²) in [5.41, 5.74) is 1.84. The predicted octanol–water partition coefficient (Wildman–Crippen LogP) is 3.73. The zero-order valence-electron chi connectivity index (χ0n) is 17.9. The van der Waals surface area contributed by atoms with Crippen LogP contribution >= 0.6 is 0 Å². The van der Waals surface area contributed by atoms with Crippen LogP contribution in [0.2, 0.25) is 0 Å². The van der Waals surface area contributed by atoms with Crippen molar-refractivity contribution in [3.8, 4) is 11.5 Å². The number of amides is 1. The molecule has 6 heteroatoms. The zero-order valence-corrected chi connectivity index (χ0v) is 17.9. The van der Waals surface area contributed by atoms with Crippen molar-refractivity contribution in [3.63, 3.8) is 0 Å². The van der Waals surface area contributed by atoms with E-state index in [2.05, 4.69) is 12.1 Å². The molecule has 164 valence electrons. The summed E-state index contributed by atoms with van der Waals surface area (Å²) < 4.78 is 16.4. The molecule has 1 amide bonds. The molecule has 0 radical (unpaired) electrons. The molecule has 0 bridgehead atoms. The van der Waals surface area contributed by atoms with Crippen molar-refractivity contribution in [3.05, 3.63) is 59.7 Å². The molecular weight excluding hydrogens is 394 g/mol. The first-order valence-corrected chi connectivity index (χ1v) is 11.0. The van der Waals surface area contributed by atoms with E-state index in [4.69, 9.17) is 14.2 Å². The quantitative estimate of drug-likeness (QED) is 0.575. The topological polar surface area (TPSA) is 65.1 Å². The number of aryl methyl sites for hydroxylation is 1. The van der Waals surface area contributed by atoms with Crippen molar-refractivity contribution < 1.29 is 23.8 Å². The molecule has 2 aromatic carbocycles. The van der Waals surface area contributed by atoms with Gasteiger partial charge in [0, 0.05) is 18.7 Å². The predicted molar refractivity (Wildman–Crippen MR) is 116 cm³/mol. The van der Waals surface area contributed by atoms with Crippen LogP contribution in [0.4, 0.5) is 0 Å². The Labute approximate surface area is 183 Å². The van der Waals surface area contributed by atoms with E-state index in [9.17, 15) is 9.59 Å². The summed E-state index contributed by atoms with van der Waals surface area (Å²) in [6.07, 6.45) is 2.54. The third kappa shape index (κ3) is 5.37. The molecule has 0 saturated heterocycles. The van der Waals surface area contributed by atoms with Crippen LogP contribution in [0.25, 0.3) is 0 Å². The molecule has 4 rings (SSSR count). The molecule has 1 aliphatic heterocycles. The average Bonchev–Trinajstić information content (AvgIpc) is 3.58. The van der Waals surface area contributed by atoms with Crippen LogP contribution in [0, 0.1) is 11.8 Å². The summed E-state index contributed by atoms with van der Waals surface area (Å²) >= 11 is 0. The van der Waals surface area contributed by atoms with Gasteiger partial charge in [-0.25, -0.2) is 0 Å². The van der Waals surface area contributed by atoms with Gasteiger partial charge in [0.2, 0.25) is 0 Å². The average molecular weight is 424 g/mol. The van der Waals surface area contributed by atoms with E-state index in [0.717, 1.165) is 19.3 Å². The SMILES string of the molecule is CCOC(=O)[C@@H]1C[C@@H]1CN(CCCc1ccccc1)C(=O)c1ccc2c(c1)OCCO2. The van der Waals surface area contributed by atoms with Gasteiger partial charge in [-0.3, -0.25) is 9.59 Å². The van der Waals surface area contributed by atoms with Gasteiger partial charge in [-0.05, 0) is 55.9 Å². The normalized spacial score (nSPS) is 18.9. The van der Waals surface area contributed by atoms with Crippen molar-refractivity contribution in [1.29, 1.82) is 0 Å². The van der Waals surface area contributed by atoms with Gasteiger partial charge in [0.05, 0.1) is 12.5 Å². The Bertz CT molecular complexity index is 913. The maximum atomic E-state index is 13.4. The van der Waals surface area contributed by atoms with E-state index in [-0.39, 0.29) is 23.7 Å². The van der Waals surface area contributed by atoms with E-state index in [0.29, 0.717) is 50.0 Å². The fourth-order valence-electron chi connectivity index (χ4n) is 4.02. The van der Waals surface area contributed by atoms with E-state index in [1.165, 1.54) is 5.56 Å². The molecule has 1 aliphatic carbocycles. The first kappa shape index (κ1) is 21.2. The van der Waals surface area contributed by atoms with Crippen LogP contribution < -0.4 is 9.47 Å². The minimum atomic E-state index is -0.150. The van der Waals surface area contributed by atoms with Gasteiger partial charge in [0.1, 0.15) is 13.2 Å². The number of esters is 1. The lowest BCUT2D eigenvalue weighted by Crippen LogP contribution is -2.35. The van der Waals surface area contributed by atoms with Crippen LogP contribution in [-0.2, 0) is 16.0 Å². The van der Waals surface area contributed by atoms with Crippen molar-refractivity contribution >= 4 is 11.9 Å². The molecule has 2 atom stereocenters. The summed E-state index contributed by atoms with van der Waals surface area (Å²) in [5, 5.41) is 0. The second kappa shape index (κ2) is 9.86. The summed E-state index contributed by atoms with van der Waals surface area (Å²) in [6.45, 7) is 4.40. The molecule has 1 heterocycles. The summed E-state index contributed by atoms with van der Waals surface area (Å²) in [6, 6.07) is 15.6. The molecule has 0 N–H and O–H groups in total. The zero-order chi connectivity index (χ0) is 21.6. The molecule has 2 aromatic rings. The van der Waals surface area contributed by atoms with E-state index in [1.807, 2.05) is 30.0 Å². The van der Waals surface area contributed by atoms with Gasteiger partial charge in [0.15, 0.2) is 11.5 Å². The van der Waals surface area contributed by atoms with Gasteiger partial charge in [-0.1, -0.05) is 30.3 Å². The number of carbonyl (C=O) groups is 2. The van der Waals surface area contributed by atoms with Crippen LogP contribution in [0.3, 0.4) is 0 Å². The van der Waals surface area contributed by atoms with Crippen LogP contribution in [0.1, 0.15) is 35.7 Å². The molecule has 0 aromatic heterocycles. The lowest BCUT2D eigenvalue weighted by Gasteiger charge is -2.24. The second-order valence-electron chi connectivity index (χ2n) is 8.05. The van der Waals surface area contributed by atoms with Gasteiger partial charge < -0.3 is 19.1 Å². The summed E-state index contributed by atoms with van der Waals surface area (Å²) in [4.78, 5) is 27.3. The minimum Gasteiger partial charge on any atom is -0.486 e. The van der Waals surface area contributed by atoms with Crippen molar-refractivity contribution in [2.75, 3.05) is 32.9 Å². The number of ether oxygens (including phenoxy) is 3. The Morgan fingerprint density at radius 2 is 1.84 bits per heavy atom. The van der Waals surface area contributed by atoms with E-state index >= 15 is 0 Å². The van der Waals surface area contributed by atoms with Crippen LogP contribution in [0.15, 0.2) is 48.5 Å². The highest BCUT2D eigenvalue weighted by Crippen LogP contribution is 2.40. The highest BCUT2D eigenvalue weighted by molar-refractivity contribution is 5.95. The lowest BCUT2D eigenvalue weighted by atomic mass is 10.1. The number of hydrogen-bond acceptors (Lipinski definition) is 5. The monoisotopic (exact) mass is 423 g/mol. The van der Waals surface area contributed by atoms with Crippen LogP contribution in [0.5, 0.6) is 11.5 Å². The maximum absolute atomic E-state index is 13.4. The van der Waals surface area contributed by atoms with Crippen molar-refractivity contribution in [2.24, 2.45) is 11.8 Å². The Hall–Kier alpha value is -3.02. The standard InChI is InChI=1S/C25H29NO5/c1-2-29-25(28)21-15-20(21)17-26(12-6-9-18-7-4-3-5-8-18)24(27)19-10-11-22-23(16-19)31-14-13-30-22/h3-5,7-8,10-11,16,20-21H,2,6,9,12-15,17H2,1H3/t20-,21-/m1/s1. The fraction of sp³-hybridized carbons (Fsp3) is 0.440. The number of fused-ring (bicyclic) bond motifs is 1. The van der Waals surface area contributed by atoms with E-state index in [1.54, 1.807) is 18.2 Å². The van der Waals surface area contributed by atoms with Gasteiger partial charge >= 0.3 is 5.97 Å². The van der Waals surface area contributed by atoms with Crippen LogP contribution in [-0.4, -0.2) is 49.7 Å². The van der Waals surface area contributed by atoms with Gasteiger partial charge in [-0.2, -0.15) is 0 Å². The van der Waals surface area contributed by atoms with Crippen molar-refractivity contribution in [2.45, 2.75) is 26.2 Å². The van der Waals surface area contributed by atoms with Gasteiger partial charge in [-0.15, -0.1) is 0 Å². The summed E-state index contributed by atoms with van der Waals surface area (Å²) in [5.74, 6) is 1.16. The lowest BCUT2D eigenvalue weighted by molar-refractivity contribution is -0.145. The van der Waals surface area contributed by atoms with E-state index < -0.39 is 0 Å². The highest BCUT2D eigenvalue weighted by Gasteiger charge is 2.45. The fourth-order valence-corrected chi connectivity index (χ4v) is 4.02. The molecule has 6 nitrogen and oxygen atoms in total. The van der Waals surface area contributed by atoms with Crippen molar-refractivity contribution in [1.82, 2.24) is 4.90 Å². The number of nitrogens with zero attached hydrogens (tertiary/aromatic N) is 1. The Morgan fingerprint density at radius 3 is 2.61 bits per heavy atom. The third-order valence-electron chi connectivity index (χ3n) is 5.78. The first-order valence-electron chi connectivity index (χ1n) is 11.0. The second-order valence-corrected chi connectivity index (χ2v) is 8.05. The first-order chi connectivity index (χ1) is 15.2. The Morgan fingerprint density at radius 1 is 1.06 bits per heavy atom. The summed E-state index contributed by atoms with van der Waals surface area (Å²) in [7, 11) is 0. The number of carbonyl (C=O) groups excluding carboxylic acids is 2. The Kier molecular flexibility index (Phi) is 6.75. The minimum absolute atomic E-state index is 0.0421. The molecule has 0 unspecified atom stereocenters.